The van der Waals surface area contributed by atoms with Crippen LogP contribution in [0, 0.1) is 11.8 Å². The summed E-state index contributed by atoms with van der Waals surface area (Å²) in [5, 5.41) is 0. The van der Waals surface area contributed by atoms with Gasteiger partial charge in [-0.3, -0.25) is 0 Å². The van der Waals surface area contributed by atoms with Crippen LogP contribution in [0.25, 0.3) is 0 Å². The highest BCUT2D eigenvalue weighted by Gasteiger charge is 2.32. The van der Waals surface area contributed by atoms with Crippen LogP contribution in [-0.2, 0) is 16.4 Å². The van der Waals surface area contributed by atoms with Crippen LogP contribution in [0.1, 0.15) is 32.3 Å². The van der Waals surface area contributed by atoms with Gasteiger partial charge in [-0.05, 0) is 55.3 Å². The smallest absolute Gasteiger partial charge is 0.240 e. The summed E-state index contributed by atoms with van der Waals surface area (Å²) in [6.45, 7) is 4.87. The molecule has 3 unspecified atom stereocenters. The predicted octanol–water partition coefficient (Wildman–Crippen LogP) is 1.90. The molecule has 0 aromatic heterocycles. The molecule has 0 amide bonds. The van der Waals surface area contributed by atoms with E-state index in [1.807, 2.05) is 12.1 Å². The standard InChI is InChI=1S/C15H24N2O2S/c1-11-3-8-15(12(11)2)17-20(18,19)14-6-4-13(5-7-14)9-10-16/h4-7,11-12,15,17H,3,8-10,16H2,1-2H3. The molecule has 0 spiro atoms. The van der Waals surface area contributed by atoms with Crippen LogP contribution in [0.15, 0.2) is 29.2 Å². The summed E-state index contributed by atoms with van der Waals surface area (Å²) in [7, 11) is -3.41. The molecule has 0 heterocycles. The molecule has 112 valence electrons. The number of hydrogen-bond donors (Lipinski definition) is 2. The van der Waals surface area contributed by atoms with E-state index in [-0.39, 0.29) is 6.04 Å². The lowest BCUT2D eigenvalue weighted by atomic mass is 9.98. The van der Waals surface area contributed by atoms with E-state index in [0.29, 0.717) is 23.3 Å². The van der Waals surface area contributed by atoms with Crippen molar-refractivity contribution in [2.45, 2.75) is 44.0 Å². The Kier molecular flexibility index (Phi) is 4.83. The first-order valence-electron chi connectivity index (χ1n) is 7.25. The molecule has 0 bridgehead atoms. The molecule has 1 aromatic rings. The van der Waals surface area contributed by atoms with Crippen LogP contribution in [-0.4, -0.2) is 21.0 Å². The van der Waals surface area contributed by atoms with Gasteiger partial charge in [0.2, 0.25) is 10.0 Å². The number of nitrogens with two attached hydrogens (primary N) is 1. The van der Waals surface area contributed by atoms with Crippen molar-refractivity contribution >= 4 is 10.0 Å². The van der Waals surface area contributed by atoms with E-state index in [0.717, 1.165) is 24.8 Å². The van der Waals surface area contributed by atoms with Gasteiger partial charge in [-0.25, -0.2) is 13.1 Å². The van der Waals surface area contributed by atoms with Crippen molar-refractivity contribution in [1.82, 2.24) is 4.72 Å². The molecule has 1 fully saturated rings. The van der Waals surface area contributed by atoms with Gasteiger partial charge in [0, 0.05) is 6.04 Å². The third-order valence-corrected chi connectivity index (χ3v) is 5.94. The van der Waals surface area contributed by atoms with Gasteiger partial charge in [-0.1, -0.05) is 26.0 Å². The van der Waals surface area contributed by atoms with Crippen molar-refractivity contribution in [2.24, 2.45) is 17.6 Å². The third kappa shape index (κ3) is 3.40. The molecule has 5 heteroatoms. The molecular weight excluding hydrogens is 272 g/mol. The van der Waals surface area contributed by atoms with E-state index in [4.69, 9.17) is 5.73 Å². The largest absolute Gasteiger partial charge is 0.330 e. The minimum Gasteiger partial charge on any atom is -0.330 e. The van der Waals surface area contributed by atoms with Crippen molar-refractivity contribution < 1.29 is 8.42 Å². The molecule has 3 atom stereocenters. The number of benzene rings is 1. The fourth-order valence-corrected chi connectivity index (χ4v) is 4.16. The Hall–Kier alpha value is -0.910. The molecule has 0 saturated heterocycles. The summed E-state index contributed by atoms with van der Waals surface area (Å²) in [5.74, 6) is 0.968. The molecule has 3 N–H and O–H groups in total. The Labute approximate surface area is 121 Å². The molecule has 1 aliphatic rings. The lowest BCUT2D eigenvalue weighted by Crippen LogP contribution is -2.37. The van der Waals surface area contributed by atoms with Crippen LogP contribution in [0.3, 0.4) is 0 Å². The number of rotatable bonds is 5. The van der Waals surface area contributed by atoms with Gasteiger partial charge in [0.15, 0.2) is 0 Å². The lowest BCUT2D eigenvalue weighted by molar-refractivity contribution is 0.402. The minimum absolute atomic E-state index is 0.0544. The van der Waals surface area contributed by atoms with Crippen LogP contribution >= 0.6 is 0 Å². The zero-order valence-electron chi connectivity index (χ0n) is 12.2. The van der Waals surface area contributed by atoms with Crippen LogP contribution in [0.5, 0.6) is 0 Å². The Morgan fingerprint density at radius 3 is 2.35 bits per heavy atom. The van der Waals surface area contributed by atoms with Crippen molar-refractivity contribution in [3.05, 3.63) is 29.8 Å². The van der Waals surface area contributed by atoms with Crippen molar-refractivity contribution in [3.63, 3.8) is 0 Å². The second kappa shape index (κ2) is 6.24. The Morgan fingerprint density at radius 1 is 1.20 bits per heavy atom. The monoisotopic (exact) mass is 296 g/mol. The zero-order valence-corrected chi connectivity index (χ0v) is 13.0. The molecule has 1 saturated carbocycles. The normalized spacial score (nSPS) is 26.9. The van der Waals surface area contributed by atoms with Crippen molar-refractivity contribution in [2.75, 3.05) is 6.54 Å². The second-order valence-corrected chi connectivity index (χ2v) is 7.54. The van der Waals surface area contributed by atoms with E-state index in [2.05, 4.69) is 18.6 Å². The quantitative estimate of drug-likeness (QED) is 0.871. The average Bonchev–Trinajstić information content (AvgIpc) is 2.71. The number of sulfonamides is 1. The fraction of sp³-hybridized carbons (Fsp3) is 0.600. The lowest BCUT2D eigenvalue weighted by Gasteiger charge is -2.19. The zero-order chi connectivity index (χ0) is 14.8. The molecule has 1 aliphatic carbocycles. The van der Waals surface area contributed by atoms with Crippen LogP contribution in [0.4, 0.5) is 0 Å². The van der Waals surface area contributed by atoms with E-state index in [1.54, 1.807) is 12.1 Å². The molecule has 0 radical (unpaired) electrons. The third-order valence-electron chi connectivity index (χ3n) is 4.44. The molecule has 0 aliphatic heterocycles. The topological polar surface area (TPSA) is 72.2 Å². The highest BCUT2D eigenvalue weighted by atomic mass is 32.2. The molecule has 4 nitrogen and oxygen atoms in total. The predicted molar refractivity (Wildman–Crippen MR) is 80.9 cm³/mol. The van der Waals surface area contributed by atoms with Gasteiger partial charge in [0.25, 0.3) is 0 Å². The van der Waals surface area contributed by atoms with Gasteiger partial charge in [0.05, 0.1) is 4.90 Å². The average molecular weight is 296 g/mol. The van der Waals surface area contributed by atoms with E-state index >= 15 is 0 Å². The number of hydrogen-bond acceptors (Lipinski definition) is 3. The summed E-state index contributed by atoms with van der Waals surface area (Å²) in [4.78, 5) is 0.338. The Bertz CT molecular complexity index is 539. The van der Waals surface area contributed by atoms with Crippen LogP contribution < -0.4 is 10.5 Å². The summed E-state index contributed by atoms with van der Waals surface area (Å²) >= 11 is 0. The highest BCUT2D eigenvalue weighted by molar-refractivity contribution is 7.89. The van der Waals surface area contributed by atoms with E-state index in [1.165, 1.54) is 0 Å². The molecule has 20 heavy (non-hydrogen) atoms. The summed E-state index contributed by atoms with van der Waals surface area (Å²) in [6.07, 6.45) is 2.78. The SMILES string of the molecule is CC1CCC(NS(=O)(=O)c2ccc(CCN)cc2)C1C. The van der Waals surface area contributed by atoms with Gasteiger partial charge in [0.1, 0.15) is 0 Å². The Morgan fingerprint density at radius 2 is 1.85 bits per heavy atom. The summed E-state index contributed by atoms with van der Waals surface area (Å²) in [5.41, 5.74) is 6.56. The van der Waals surface area contributed by atoms with E-state index in [9.17, 15) is 8.42 Å². The van der Waals surface area contributed by atoms with Gasteiger partial charge < -0.3 is 5.73 Å². The first-order chi connectivity index (χ1) is 9.44. The van der Waals surface area contributed by atoms with Gasteiger partial charge in [-0.15, -0.1) is 0 Å². The van der Waals surface area contributed by atoms with Crippen molar-refractivity contribution in [1.29, 1.82) is 0 Å². The molecular formula is C15H24N2O2S. The fourth-order valence-electron chi connectivity index (χ4n) is 2.80. The highest BCUT2D eigenvalue weighted by Crippen LogP contribution is 2.32. The Balaban J connectivity index is 2.10. The molecule has 1 aromatic carbocycles. The van der Waals surface area contributed by atoms with Gasteiger partial charge >= 0.3 is 0 Å². The maximum Gasteiger partial charge on any atom is 0.240 e. The summed E-state index contributed by atoms with van der Waals surface area (Å²) < 4.78 is 27.6. The first-order valence-corrected chi connectivity index (χ1v) is 8.73. The minimum atomic E-state index is -3.41. The second-order valence-electron chi connectivity index (χ2n) is 5.82. The van der Waals surface area contributed by atoms with Crippen molar-refractivity contribution in [3.8, 4) is 0 Å². The first kappa shape index (κ1) is 15.5. The maximum atomic E-state index is 12.4. The van der Waals surface area contributed by atoms with E-state index < -0.39 is 10.0 Å². The molecule has 2 rings (SSSR count). The summed E-state index contributed by atoms with van der Waals surface area (Å²) in [6, 6.07) is 7.05. The maximum absolute atomic E-state index is 12.4. The van der Waals surface area contributed by atoms with Gasteiger partial charge in [-0.2, -0.15) is 0 Å². The number of nitrogens with one attached hydrogen (secondary N) is 1. The van der Waals surface area contributed by atoms with Crippen LogP contribution in [0.2, 0.25) is 0 Å².